The highest BCUT2D eigenvalue weighted by atomic mass is 32.1. The lowest BCUT2D eigenvalue weighted by molar-refractivity contribution is -0.118. The van der Waals surface area contributed by atoms with Gasteiger partial charge in [0.15, 0.2) is 12.5 Å². The van der Waals surface area contributed by atoms with Crippen LogP contribution in [0.5, 0.6) is 0 Å². The Hall–Kier alpha value is -1.51. The summed E-state index contributed by atoms with van der Waals surface area (Å²) in [6, 6.07) is 0. The van der Waals surface area contributed by atoms with Crippen LogP contribution < -0.4 is 16.0 Å². The summed E-state index contributed by atoms with van der Waals surface area (Å²) in [7, 11) is 4.35. The number of carbonyl (C=O) groups is 1. The number of hydrogen-bond donors (Lipinski definition) is 4. The van der Waals surface area contributed by atoms with Crippen molar-refractivity contribution in [3.8, 4) is 0 Å². The van der Waals surface area contributed by atoms with E-state index in [-0.39, 0.29) is 5.91 Å². The van der Waals surface area contributed by atoms with Gasteiger partial charge >= 0.3 is 0 Å². The van der Waals surface area contributed by atoms with E-state index in [1.165, 1.54) is 13.6 Å². The Morgan fingerprint density at radius 2 is 1.71 bits per heavy atom. The summed E-state index contributed by atoms with van der Waals surface area (Å²) in [5.74, 6) is 0.00463. The molecule has 24 heavy (non-hydrogen) atoms. The van der Waals surface area contributed by atoms with Crippen molar-refractivity contribution in [2.75, 3.05) is 34.0 Å². The van der Waals surface area contributed by atoms with Crippen LogP contribution in [0.4, 0.5) is 0 Å². The van der Waals surface area contributed by atoms with E-state index >= 15 is 0 Å². The summed E-state index contributed by atoms with van der Waals surface area (Å²) >= 11 is 4.63. The fourth-order valence-electron chi connectivity index (χ4n) is 0.588. The zero-order chi connectivity index (χ0) is 19.8. The molecule has 1 amide bonds. The van der Waals surface area contributed by atoms with E-state index < -0.39 is 7.37 Å². The van der Waals surface area contributed by atoms with E-state index in [2.05, 4.69) is 38.5 Å². The van der Waals surface area contributed by atoms with E-state index in [1.807, 2.05) is 20.2 Å². The van der Waals surface area contributed by atoms with Crippen molar-refractivity contribution in [1.82, 2.24) is 30.9 Å². The van der Waals surface area contributed by atoms with Gasteiger partial charge in [0.1, 0.15) is 0 Å². The van der Waals surface area contributed by atoms with Crippen molar-refractivity contribution in [2.24, 2.45) is 7.05 Å². The molecule has 1 heterocycles. The molecule has 142 valence electrons. The summed E-state index contributed by atoms with van der Waals surface area (Å²) in [6.07, 6.45) is 2.24. The van der Waals surface area contributed by atoms with Crippen LogP contribution in [0.3, 0.4) is 0 Å². The molecule has 0 radical (unpaired) electrons. The molecule has 1 unspecified atom stereocenters. The van der Waals surface area contributed by atoms with Gasteiger partial charge in [-0.05, 0) is 19.1 Å². The number of rotatable bonds is 1. The molecule has 9 nitrogen and oxygen atoms in total. The van der Waals surface area contributed by atoms with Gasteiger partial charge in [-0.2, -0.15) is 0 Å². The van der Waals surface area contributed by atoms with Crippen LogP contribution >= 0.6 is 19.6 Å². The quantitative estimate of drug-likeness (QED) is 0.409. The van der Waals surface area contributed by atoms with Gasteiger partial charge in [0, 0.05) is 54.1 Å². The highest BCUT2D eigenvalue weighted by Crippen LogP contribution is 2.33. The van der Waals surface area contributed by atoms with Crippen molar-refractivity contribution in [2.45, 2.75) is 20.8 Å². The molecule has 1 atom stereocenters. The van der Waals surface area contributed by atoms with Crippen molar-refractivity contribution in [3.05, 3.63) is 11.9 Å². The molecule has 0 bridgehead atoms. The number of thiocarbonyl (C=S) groups is 1. The summed E-state index contributed by atoms with van der Waals surface area (Å²) in [4.78, 5) is 18.1. The van der Waals surface area contributed by atoms with Gasteiger partial charge < -0.3 is 20.8 Å². The third-order valence-electron chi connectivity index (χ3n) is 2.11. The molecule has 11 heteroatoms. The molecule has 1 aromatic rings. The maximum absolute atomic E-state index is 10.1. The van der Waals surface area contributed by atoms with E-state index in [0.29, 0.717) is 11.3 Å². The van der Waals surface area contributed by atoms with E-state index in [9.17, 15) is 9.36 Å². The number of amides is 1. The first-order valence-corrected chi connectivity index (χ1v) is 9.83. The van der Waals surface area contributed by atoms with Crippen LogP contribution in [0, 0.1) is 6.92 Å². The topological polar surface area (TPSA) is 121 Å². The van der Waals surface area contributed by atoms with Crippen LogP contribution in [0.15, 0.2) is 6.20 Å². The minimum absolute atomic E-state index is 0.00463. The summed E-state index contributed by atoms with van der Waals surface area (Å²) in [6.45, 7) is 6.43. The van der Waals surface area contributed by atoms with Crippen molar-refractivity contribution in [3.63, 3.8) is 0 Å². The Balaban J connectivity index is -0.000000247. The second kappa shape index (κ2) is 16.4. The predicted molar refractivity (Wildman–Crippen MR) is 102 cm³/mol. The van der Waals surface area contributed by atoms with E-state index in [4.69, 9.17) is 4.89 Å². The standard InChI is InChI=1S/C4H7N3.C3H8N2S.C3H7NO.C3H9O2P/c1-4-3-7(2)6-5-4;1-4-3(6)5-2;1-3(5)4-2;1-3-6(2,4)5/h3H,1-2H3;1-2H3,(H2,4,5,6);1-2H3,(H,4,5);3H2,1-2H3,(H,4,5). The molecule has 4 N–H and O–H groups in total. The maximum Gasteiger partial charge on any atom is 0.216 e. The molecule has 0 aliphatic heterocycles. The Labute approximate surface area is 150 Å². The van der Waals surface area contributed by atoms with E-state index in [1.54, 1.807) is 32.7 Å². The molecule has 0 saturated heterocycles. The minimum atomic E-state index is -2.65. The molecule has 1 aromatic heterocycles. The van der Waals surface area contributed by atoms with Gasteiger partial charge in [0.05, 0.1) is 5.69 Å². The number of carbonyl (C=O) groups excluding carboxylic acids is 1. The van der Waals surface area contributed by atoms with Gasteiger partial charge in [-0.3, -0.25) is 14.0 Å². The minimum Gasteiger partial charge on any atom is -0.366 e. The zero-order valence-corrected chi connectivity index (χ0v) is 17.5. The van der Waals surface area contributed by atoms with Crippen molar-refractivity contribution >= 4 is 30.6 Å². The maximum atomic E-state index is 10.1. The normalized spacial score (nSPS) is 10.9. The molecule has 0 aliphatic rings. The summed E-state index contributed by atoms with van der Waals surface area (Å²) in [5.41, 5.74) is 0.961. The smallest absolute Gasteiger partial charge is 0.216 e. The third kappa shape index (κ3) is 28.6. The molecule has 0 fully saturated rings. The molecule has 0 aliphatic carbocycles. The predicted octanol–water partition coefficient (Wildman–Crippen LogP) is 0.492. The van der Waals surface area contributed by atoms with Gasteiger partial charge in [0.2, 0.25) is 5.91 Å². The monoisotopic (exact) mass is 382 g/mol. The van der Waals surface area contributed by atoms with Crippen molar-refractivity contribution in [1.29, 1.82) is 0 Å². The van der Waals surface area contributed by atoms with Crippen molar-refractivity contribution < 1.29 is 14.3 Å². The fourth-order valence-corrected chi connectivity index (χ4v) is 0.588. The van der Waals surface area contributed by atoms with Gasteiger partial charge in [0.25, 0.3) is 0 Å². The SMILES string of the molecule is CCP(C)(=O)O.CNC(=S)NC.CNC(C)=O.Cc1cn(C)nn1. The average Bonchev–Trinajstić information content (AvgIpc) is 2.90. The summed E-state index contributed by atoms with van der Waals surface area (Å²) < 4.78 is 11.8. The third-order valence-corrected chi connectivity index (χ3v) is 3.69. The molecule has 0 spiro atoms. The van der Waals surface area contributed by atoms with Gasteiger partial charge in [-0.15, -0.1) is 5.10 Å². The first kappa shape index (κ1) is 27.3. The second-order valence-electron chi connectivity index (χ2n) is 4.54. The lowest BCUT2D eigenvalue weighted by atomic mass is 10.6. The van der Waals surface area contributed by atoms with Gasteiger partial charge in [-0.1, -0.05) is 12.1 Å². The van der Waals surface area contributed by atoms with Crippen LogP contribution in [0.1, 0.15) is 19.5 Å². The van der Waals surface area contributed by atoms with Gasteiger partial charge in [-0.25, -0.2) is 0 Å². The molecule has 0 aromatic carbocycles. The Bertz CT molecular complexity index is 481. The Morgan fingerprint density at radius 1 is 1.33 bits per heavy atom. The number of aromatic nitrogens is 3. The molecular weight excluding hydrogens is 351 g/mol. The largest absolute Gasteiger partial charge is 0.366 e. The Morgan fingerprint density at radius 3 is 1.75 bits per heavy atom. The lowest BCUT2D eigenvalue weighted by Crippen LogP contribution is -2.28. The highest BCUT2D eigenvalue weighted by molar-refractivity contribution is 7.80. The van der Waals surface area contributed by atoms with Crippen LogP contribution in [-0.4, -0.2) is 64.9 Å². The first-order valence-electron chi connectivity index (χ1n) is 7.13. The number of aryl methyl sites for hydroxylation is 2. The second-order valence-corrected chi connectivity index (χ2v) is 7.68. The molecule has 0 saturated carbocycles. The number of nitrogens with one attached hydrogen (secondary N) is 3. The van der Waals surface area contributed by atoms with E-state index in [0.717, 1.165) is 5.69 Å². The molecular formula is C13H31N6O3PS. The first-order chi connectivity index (χ1) is 10.9. The lowest BCUT2D eigenvalue weighted by Gasteiger charge is -1.95. The average molecular weight is 382 g/mol. The number of hydrogen-bond acceptors (Lipinski definition) is 5. The molecule has 1 rings (SSSR count). The van der Waals surface area contributed by atoms with Crippen LogP contribution in [0.25, 0.3) is 0 Å². The highest BCUT2D eigenvalue weighted by Gasteiger charge is 2.01. The Kier molecular flexibility index (Phi) is 18.6. The van der Waals surface area contributed by atoms with Crippen LogP contribution in [-0.2, 0) is 16.4 Å². The number of nitrogens with zero attached hydrogens (tertiary/aromatic N) is 3. The van der Waals surface area contributed by atoms with Crippen LogP contribution in [0.2, 0.25) is 0 Å². The fraction of sp³-hybridized carbons (Fsp3) is 0.692. The zero-order valence-electron chi connectivity index (χ0n) is 15.7. The summed E-state index contributed by atoms with van der Waals surface area (Å²) in [5, 5.41) is 15.9.